The van der Waals surface area contributed by atoms with Gasteiger partial charge in [-0.2, -0.15) is 0 Å². The van der Waals surface area contributed by atoms with Crippen LogP contribution in [0.2, 0.25) is 6.32 Å². The second kappa shape index (κ2) is 5.98. The van der Waals surface area contributed by atoms with Gasteiger partial charge in [-0.1, -0.05) is 35.9 Å². The fraction of sp³-hybridized carbons (Fsp3) is 0.556. The maximum absolute atomic E-state index is 6.14. The molecule has 0 unspecified atom stereocenters. The van der Waals surface area contributed by atoms with Gasteiger partial charge in [0.1, 0.15) is 0 Å². The van der Waals surface area contributed by atoms with Crippen LogP contribution in [0.3, 0.4) is 0 Å². The molecule has 1 aliphatic rings. The van der Waals surface area contributed by atoms with Crippen molar-refractivity contribution in [2.45, 2.75) is 64.5 Å². The van der Waals surface area contributed by atoms with E-state index in [1.165, 1.54) is 11.1 Å². The summed E-state index contributed by atoms with van der Waals surface area (Å²) < 4.78 is 12.3. The van der Waals surface area contributed by atoms with Gasteiger partial charge < -0.3 is 9.31 Å². The minimum atomic E-state index is -0.261. The lowest BCUT2D eigenvalue weighted by molar-refractivity contribution is 0.00578. The Bertz CT molecular complexity index is 492. The average Bonchev–Trinajstić information content (AvgIpc) is 2.57. The Hall–Kier alpha value is -1.06. The molecular weight excluding hydrogens is 259 g/mol. The van der Waals surface area contributed by atoms with Crippen LogP contribution < -0.4 is 0 Å². The van der Waals surface area contributed by atoms with E-state index in [2.05, 4.69) is 65.5 Å². The molecule has 1 aliphatic heterocycles. The van der Waals surface area contributed by atoms with Crippen LogP contribution in [0.1, 0.15) is 51.2 Å². The van der Waals surface area contributed by atoms with Gasteiger partial charge in [0.05, 0.1) is 11.2 Å². The second-order valence-electron chi connectivity index (χ2n) is 7.06. The van der Waals surface area contributed by atoms with Crippen molar-refractivity contribution >= 4 is 7.12 Å². The summed E-state index contributed by atoms with van der Waals surface area (Å²) in [5, 5.41) is 0. The summed E-state index contributed by atoms with van der Waals surface area (Å²) >= 11 is 0. The molecule has 21 heavy (non-hydrogen) atoms. The van der Waals surface area contributed by atoms with E-state index in [1.54, 1.807) is 0 Å². The zero-order valence-electron chi connectivity index (χ0n) is 14.0. The van der Waals surface area contributed by atoms with Crippen LogP contribution in [-0.2, 0) is 9.31 Å². The number of allylic oxidation sites excluding steroid dienone is 1. The van der Waals surface area contributed by atoms with Crippen molar-refractivity contribution in [1.29, 1.82) is 0 Å². The highest BCUT2D eigenvalue weighted by Gasteiger charge is 2.51. The lowest BCUT2D eigenvalue weighted by Gasteiger charge is -2.32. The molecule has 0 spiro atoms. The van der Waals surface area contributed by atoms with E-state index in [-0.39, 0.29) is 18.3 Å². The highest BCUT2D eigenvalue weighted by atomic mass is 16.7. The second-order valence-corrected chi connectivity index (χ2v) is 7.06. The standard InChI is InChI=1S/C18H27BO2/c1-7-9-16(15-11-8-10-14(2)12-15)13-19-20-17(3,4)18(5,6)21-19/h7-8,10-12,16H,1,9,13H2,2-6H3/t16-/m0/s1. The van der Waals surface area contributed by atoms with Crippen LogP contribution in [0.25, 0.3) is 0 Å². The number of hydrogen-bond acceptors (Lipinski definition) is 2. The van der Waals surface area contributed by atoms with Crippen molar-refractivity contribution in [2.24, 2.45) is 0 Å². The number of aryl methyl sites for hydroxylation is 1. The lowest BCUT2D eigenvalue weighted by atomic mass is 9.73. The molecule has 2 rings (SSSR count). The van der Waals surface area contributed by atoms with E-state index in [9.17, 15) is 0 Å². The van der Waals surface area contributed by atoms with Crippen LogP contribution in [0.4, 0.5) is 0 Å². The van der Waals surface area contributed by atoms with Crippen molar-refractivity contribution < 1.29 is 9.31 Å². The molecule has 0 aromatic heterocycles. The normalized spacial score (nSPS) is 21.3. The highest BCUT2D eigenvalue weighted by Crippen LogP contribution is 2.40. The number of rotatable bonds is 5. The van der Waals surface area contributed by atoms with Gasteiger partial charge in [0.15, 0.2) is 0 Å². The zero-order valence-corrected chi connectivity index (χ0v) is 14.0. The molecule has 3 heteroatoms. The smallest absolute Gasteiger partial charge is 0.403 e. The molecule has 0 bridgehead atoms. The molecule has 0 amide bonds. The molecule has 0 saturated carbocycles. The Balaban J connectivity index is 2.13. The van der Waals surface area contributed by atoms with Crippen molar-refractivity contribution in [3.05, 3.63) is 48.0 Å². The third-order valence-corrected chi connectivity index (χ3v) is 4.74. The Morgan fingerprint density at radius 1 is 1.19 bits per heavy atom. The molecule has 1 aromatic carbocycles. The molecule has 0 N–H and O–H groups in total. The van der Waals surface area contributed by atoms with Gasteiger partial charge in [-0.3, -0.25) is 0 Å². The van der Waals surface area contributed by atoms with Crippen LogP contribution >= 0.6 is 0 Å². The van der Waals surface area contributed by atoms with E-state index >= 15 is 0 Å². The fourth-order valence-electron chi connectivity index (χ4n) is 2.79. The van der Waals surface area contributed by atoms with Crippen LogP contribution in [0, 0.1) is 6.92 Å². The Labute approximate surface area is 129 Å². The average molecular weight is 286 g/mol. The SMILES string of the molecule is C=CC[C@@H](CB1OC(C)(C)C(C)(C)O1)c1cccc(C)c1. The van der Waals surface area contributed by atoms with Crippen molar-refractivity contribution in [3.63, 3.8) is 0 Å². The largest absolute Gasteiger partial charge is 0.458 e. The Kier molecular flexibility index (Phi) is 4.65. The molecule has 0 radical (unpaired) electrons. The molecule has 2 nitrogen and oxygen atoms in total. The van der Waals surface area contributed by atoms with E-state index < -0.39 is 0 Å². The van der Waals surface area contributed by atoms with Gasteiger partial charge in [-0.15, -0.1) is 6.58 Å². The van der Waals surface area contributed by atoms with Crippen molar-refractivity contribution in [1.82, 2.24) is 0 Å². The van der Waals surface area contributed by atoms with E-state index in [1.807, 2.05) is 6.08 Å². The summed E-state index contributed by atoms with van der Waals surface area (Å²) in [7, 11) is -0.152. The van der Waals surface area contributed by atoms with Gasteiger partial charge in [0.2, 0.25) is 0 Å². The van der Waals surface area contributed by atoms with Crippen LogP contribution in [-0.4, -0.2) is 18.3 Å². The third-order valence-electron chi connectivity index (χ3n) is 4.74. The topological polar surface area (TPSA) is 18.5 Å². The van der Waals surface area contributed by atoms with E-state index in [0.29, 0.717) is 5.92 Å². The number of hydrogen-bond donors (Lipinski definition) is 0. The maximum Gasteiger partial charge on any atom is 0.458 e. The van der Waals surface area contributed by atoms with Gasteiger partial charge in [-0.05, 0) is 58.8 Å². The molecule has 1 heterocycles. The van der Waals surface area contributed by atoms with Gasteiger partial charge in [0.25, 0.3) is 0 Å². The summed E-state index contributed by atoms with van der Waals surface area (Å²) in [5.74, 6) is 0.386. The molecule has 1 fully saturated rings. The third kappa shape index (κ3) is 3.59. The zero-order chi connectivity index (χ0) is 15.7. The van der Waals surface area contributed by atoms with Crippen LogP contribution in [0.5, 0.6) is 0 Å². The summed E-state index contributed by atoms with van der Waals surface area (Å²) in [5.41, 5.74) is 2.10. The summed E-state index contributed by atoms with van der Waals surface area (Å²) in [6.07, 6.45) is 3.79. The predicted molar refractivity (Wildman–Crippen MR) is 89.6 cm³/mol. The van der Waals surface area contributed by atoms with Crippen molar-refractivity contribution in [3.8, 4) is 0 Å². The number of benzene rings is 1. The van der Waals surface area contributed by atoms with Crippen molar-refractivity contribution in [2.75, 3.05) is 0 Å². The van der Waals surface area contributed by atoms with Crippen LogP contribution in [0.15, 0.2) is 36.9 Å². The molecular formula is C18H27BO2. The van der Waals surface area contributed by atoms with E-state index in [0.717, 1.165) is 12.7 Å². The molecule has 1 aromatic rings. The van der Waals surface area contributed by atoms with E-state index in [4.69, 9.17) is 9.31 Å². The summed E-state index contributed by atoms with van der Waals surface area (Å²) in [4.78, 5) is 0. The lowest BCUT2D eigenvalue weighted by Crippen LogP contribution is -2.41. The molecule has 1 saturated heterocycles. The summed E-state index contributed by atoms with van der Waals surface area (Å²) in [6, 6.07) is 8.68. The Morgan fingerprint density at radius 3 is 2.33 bits per heavy atom. The molecule has 1 atom stereocenters. The first-order valence-electron chi connectivity index (χ1n) is 7.78. The maximum atomic E-state index is 6.14. The Morgan fingerprint density at radius 2 is 1.81 bits per heavy atom. The minimum Gasteiger partial charge on any atom is -0.403 e. The van der Waals surface area contributed by atoms with Gasteiger partial charge >= 0.3 is 7.12 Å². The monoisotopic (exact) mass is 286 g/mol. The predicted octanol–water partition coefficient (Wildman–Crippen LogP) is 4.75. The van der Waals surface area contributed by atoms with Gasteiger partial charge in [0, 0.05) is 0 Å². The minimum absolute atomic E-state index is 0.152. The molecule has 114 valence electrons. The quantitative estimate of drug-likeness (QED) is 0.574. The molecule has 0 aliphatic carbocycles. The van der Waals surface area contributed by atoms with Gasteiger partial charge in [-0.25, -0.2) is 0 Å². The highest BCUT2D eigenvalue weighted by molar-refractivity contribution is 6.45. The first-order chi connectivity index (χ1) is 9.75. The summed E-state index contributed by atoms with van der Waals surface area (Å²) in [6.45, 7) is 14.4. The first kappa shape index (κ1) is 16.3. The first-order valence-corrected chi connectivity index (χ1v) is 7.78. The fourth-order valence-corrected chi connectivity index (χ4v) is 2.79.